The fraction of sp³-hybridized carbons (Fsp3) is 0.0690. The van der Waals surface area contributed by atoms with E-state index in [1.54, 1.807) is 47.3 Å². The summed E-state index contributed by atoms with van der Waals surface area (Å²) >= 11 is 0. The van der Waals surface area contributed by atoms with Crippen molar-refractivity contribution in [2.45, 2.75) is 13.2 Å². The van der Waals surface area contributed by atoms with Gasteiger partial charge in [-0.15, -0.1) is 0 Å². The Morgan fingerprint density at radius 3 is 2.58 bits per heavy atom. The Labute approximate surface area is 225 Å². The average molecular weight is 539 g/mol. The van der Waals surface area contributed by atoms with Gasteiger partial charge in [0, 0.05) is 11.6 Å². The lowest BCUT2D eigenvalue weighted by molar-refractivity contribution is 0.0696. The molecule has 3 heterocycles. The number of carboxylic acid groups (broad SMARTS) is 1. The molecule has 2 aliphatic heterocycles. The van der Waals surface area contributed by atoms with Crippen LogP contribution in [0.25, 0.3) is 34.0 Å². The second-order valence-electron chi connectivity index (χ2n) is 8.89. The summed E-state index contributed by atoms with van der Waals surface area (Å²) in [5, 5.41) is 17.6. The molecule has 3 aromatic carbocycles. The van der Waals surface area contributed by atoms with Crippen LogP contribution >= 0.6 is 0 Å². The highest BCUT2D eigenvalue weighted by molar-refractivity contribution is 5.87. The monoisotopic (exact) mass is 539 g/mol. The molecule has 0 aliphatic carbocycles. The van der Waals surface area contributed by atoms with Crippen LogP contribution in [-0.2, 0) is 13.2 Å². The molecular formula is C29H19F2N5O4. The molecule has 1 N–H and O–H groups in total. The van der Waals surface area contributed by atoms with E-state index in [4.69, 9.17) is 14.4 Å². The molecule has 40 heavy (non-hydrogen) atoms. The zero-order chi connectivity index (χ0) is 27.6. The molecule has 0 bridgehead atoms. The van der Waals surface area contributed by atoms with Crippen LogP contribution in [-0.4, -0.2) is 36.0 Å². The highest BCUT2D eigenvalue weighted by Gasteiger charge is 2.18. The van der Waals surface area contributed by atoms with Crippen molar-refractivity contribution in [1.29, 1.82) is 0 Å². The number of carboxylic acids is 1. The molecule has 6 rings (SSSR count). The third-order valence-electron chi connectivity index (χ3n) is 6.11. The van der Waals surface area contributed by atoms with E-state index in [0.29, 0.717) is 28.6 Å². The highest BCUT2D eigenvalue weighted by atomic mass is 19.2. The Kier molecular flexibility index (Phi) is 6.44. The normalized spacial score (nSPS) is 11.2. The zero-order valence-electron chi connectivity index (χ0n) is 20.7. The minimum atomic E-state index is -1.00. The number of hydrogen-bond acceptors (Lipinski definition) is 7. The largest absolute Gasteiger partial charge is 0.489 e. The van der Waals surface area contributed by atoms with E-state index in [9.17, 15) is 13.6 Å². The first-order chi connectivity index (χ1) is 19.4. The fourth-order valence-corrected chi connectivity index (χ4v) is 4.11. The second-order valence-corrected chi connectivity index (χ2v) is 8.89. The van der Waals surface area contributed by atoms with Crippen LogP contribution in [0.5, 0.6) is 5.75 Å². The van der Waals surface area contributed by atoms with Crippen molar-refractivity contribution < 1.29 is 27.9 Å². The first-order valence-electron chi connectivity index (χ1n) is 12.1. The van der Waals surface area contributed by atoms with Gasteiger partial charge in [0.1, 0.15) is 36.0 Å². The Morgan fingerprint density at radius 1 is 0.950 bits per heavy atom. The van der Waals surface area contributed by atoms with Crippen LogP contribution in [0.15, 0.2) is 89.7 Å². The molecule has 0 atom stereocenters. The standard InChI is InChI=1S/C29H19F2N5O4/c30-23-6-2-5-22(27(23)31)28-33-25-13-32-36(15-26(25)34-28)14-21-12-24(35-40-21)18-7-9-20(10-8-18)39-16-17-3-1-4-19(11-17)29(37)38/h1-13,15H,14,16H2,(H,37,38). The van der Waals surface area contributed by atoms with E-state index in [1.165, 1.54) is 24.4 Å². The molecule has 0 spiro atoms. The third-order valence-corrected chi connectivity index (χ3v) is 6.11. The van der Waals surface area contributed by atoms with Crippen LogP contribution in [0.1, 0.15) is 21.7 Å². The Balaban J connectivity index is 1.12. The number of fused-ring (bicyclic) bond motifs is 1. The number of nitrogens with zero attached hydrogens (tertiary/aromatic N) is 5. The molecule has 0 saturated carbocycles. The van der Waals surface area contributed by atoms with E-state index in [2.05, 4.69) is 20.2 Å². The first-order valence-corrected chi connectivity index (χ1v) is 12.1. The maximum Gasteiger partial charge on any atom is 0.335 e. The predicted octanol–water partition coefficient (Wildman–Crippen LogP) is 5.70. The van der Waals surface area contributed by atoms with Crippen LogP contribution in [0.2, 0.25) is 0 Å². The molecule has 0 radical (unpaired) electrons. The molecule has 0 unspecified atom stereocenters. The van der Waals surface area contributed by atoms with E-state index < -0.39 is 17.6 Å². The summed E-state index contributed by atoms with van der Waals surface area (Å²) in [4.78, 5) is 19.7. The highest BCUT2D eigenvalue weighted by Crippen LogP contribution is 2.27. The summed E-state index contributed by atoms with van der Waals surface area (Å²) in [6.07, 6.45) is 3.14. The number of imidazole rings is 1. The number of hydrogen-bond donors (Lipinski definition) is 1. The van der Waals surface area contributed by atoms with E-state index >= 15 is 0 Å². The van der Waals surface area contributed by atoms with Crippen molar-refractivity contribution in [2.24, 2.45) is 0 Å². The molecule has 198 valence electrons. The topological polar surface area (TPSA) is 116 Å². The van der Waals surface area contributed by atoms with Gasteiger partial charge in [-0.25, -0.2) is 23.5 Å². The lowest BCUT2D eigenvalue weighted by Crippen LogP contribution is -2.04. The van der Waals surface area contributed by atoms with Crippen LogP contribution in [0, 0.1) is 11.6 Å². The minimum Gasteiger partial charge on any atom is -0.489 e. The summed E-state index contributed by atoms with van der Waals surface area (Å²) in [5.41, 5.74) is 3.29. The van der Waals surface area contributed by atoms with Crippen molar-refractivity contribution >= 4 is 5.97 Å². The average Bonchev–Trinajstić information content (AvgIpc) is 3.61. The zero-order valence-corrected chi connectivity index (χ0v) is 20.7. The number of carbonyl (C=O) groups is 1. The van der Waals surface area contributed by atoms with Crippen LogP contribution < -0.4 is 4.74 Å². The number of halogens is 2. The smallest absolute Gasteiger partial charge is 0.335 e. The van der Waals surface area contributed by atoms with Gasteiger partial charge in [-0.2, -0.15) is 5.10 Å². The van der Waals surface area contributed by atoms with Gasteiger partial charge in [-0.3, -0.25) is 4.68 Å². The summed E-state index contributed by atoms with van der Waals surface area (Å²) in [6, 6.07) is 19.5. The number of aromatic nitrogens is 5. The summed E-state index contributed by atoms with van der Waals surface area (Å²) in [5.74, 6) is -1.71. The third kappa shape index (κ3) is 5.12. The predicted molar refractivity (Wildman–Crippen MR) is 139 cm³/mol. The molecular weight excluding hydrogens is 520 g/mol. The van der Waals surface area contributed by atoms with Crippen LogP contribution in [0.4, 0.5) is 8.78 Å². The van der Waals surface area contributed by atoms with Gasteiger partial charge in [0.2, 0.25) is 0 Å². The van der Waals surface area contributed by atoms with Crippen LogP contribution in [0.3, 0.4) is 0 Å². The molecule has 0 amide bonds. The number of aromatic carboxylic acids is 1. The minimum absolute atomic E-state index is 0.0218. The molecule has 0 fully saturated rings. The molecule has 4 aromatic rings. The lowest BCUT2D eigenvalue weighted by Gasteiger charge is -2.07. The lowest BCUT2D eigenvalue weighted by atomic mass is 10.1. The van der Waals surface area contributed by atoms with Gasteiger partial charge in [-0.05, 0) is 54.1 Å². The SMILES string of the molecule is O=C(O)c1cccc(COc2ccc(-c3cc(Cn4cc5nc(-c6cccc(F)c6F)nc-5cn4)on3)cc2)c1. The van der Waals surface area contributed by atoms with Gasteiger partial charge in [0.25, 0.3) is 0 Å². The number of ether oxygens (including phenoxy) is 1. The second kappa shape index (κ2) is 10.4. The van der Waals surface area contributed by atoms with Gasteiger partial charge >= 0.3 is 5.97 Å². The van der Waals surface area contributed by atoms with Gasteiger partial charge in [-0.1, -0.05) is 23.4 Å². The fourth-order valence-electron chi connectivity index (χ4n) is 4.11. The maximum atomic E-state index is 14.2. The van der Waals surface area contributed by atoms with Gasteiger partial charge in [0.05, 0.1) is 23.5 Å². The van der Waals surface area contributed by atoms with Crippen molar-refractivity contribution in [3.05, 3.63) is 114 Å². The molecule has 2 aliphatic rings. The molecule has 0 saturated heterocycles. The van der Waals surface area contributed by atoms with Crippen molar-refractivity contribution in [3.8, 4) is 39.8 Å². The maximum absolute atomic E-state index is 14.2. The Bertz CT molecular complexity index is 1800. The van der Waals surface area contributed by atoms with Crippen molar-refractivity contribution in [3.63, 3.8) is 0 Å². The number of benzene rings is 3. The quantitative estimate of drug-likeness (QED) is 0.262. The van der Waals surface area contributed by atoms with E-state index in [-0.39, 0.29) is 30.1 Å². The summed E-state index contributed by atoms with van der Waals surface area (Å²) in [7, 11) is 0. The Morgan fingerprint density at radius 2 is 1.75 bits per heavy atom. The molecule has 1 aromatic heterocycles. The van der Waals surface area contributed by atoms with Crippen molar-refractivity contribution in [1.82, 2.24) is 24.9 Å². The summed E-state index contributed by atoms with van der Waals surface area (Å²) < 4.78 is 40.6. The van der Waals surface area contributed by atoms with Gasteiger partial charge in [0.15, 0.2) is 23.2 Å². The summed E-state index contributed by atoms with van der Waals surface area (Å²) in [6.45, 7) is 0.492. The first kappa shape index (κ1) is 24.9. The van der Waals surface area contributed by atoms with Crippen molar-refractivity contribution in [2.75, 3.05) is 0 Å². The van der Waals surface area contributed by atoms with E-state index in [0.717, 1.165) is 17.2 Å². The van der Waals surface area contributed by atoms with Gasteiger partial charge < -0.3 is 14.4 Å². The van der Waals surface area contributed by atoms with E-state index in [1.807, 2.05) is 12.1 Å². The number of rotatable bonds is 8. The Hall–Kier alpha value is -5.45. The molecule has 11 heteroatoms. The molecule has 9 nitrogen and oxygen atoms in total.